The first-order chi connectivity index (χ1) is 7.06. The molecule has 0 aliphatic rings. The Hall–Kier alpha value is -1.05. The van der Waals surface area contributed by atoms with Crippen molar-refractivity contribution in [1.82, 2.24) is 0 Å². The molecule has 15 heavy (non-hydrogen) atoms. The van der Waals surface area contributed by atoms with Crippen LogP contribution in [0.1, 0.15) is 40.5 Å². The van der Waals surface area contributed by atoms with E-state index in [9.17, 15) is 4.79 Å². The SMILES string of the molecule is CCC(=O)O/C=C/CC(C)/C=C/C(C)C. The van der Waals surface area contributed by atoms with Crippen molar-refractivity contribution in [3.05, 3.63) is 24.5 Å². The molecule has 0 N–H and O–H groups in total. The summed E-state index contributed by atoms with van der Waals surface area (Å²) >= 11 is 0. The van der Waals surface area contributed by atoms with E-state index in [0.717, 1.165) is 6.42 Å². The fourth-order valence-corrected chi connectivity index (χ4v) is 0.968. The van der Waals surface area contributed by atoms with Gasteiger partial charge in [0.2, 0.25) is 0 Å². The molecule has 0 heterocycles. The second-order valence-electron chi connectivity index (χ2n) is 4.06. The summed E-state index contributed by atoms with van der Waals surface area (Å²) in [6, 6.07) is 0. The van der Waals surface area contributed by atoms with E-state index in [2.05, 4.69) is 32.9 Å². The first-order valence-corrected chi connectivity index (χ1v) is 5.59. The fraction of sp³-hybridized carbons (Fsp3) is 0.615. The lowest BCUT2D eigenvalue weighted by Gasteiger charge is -2.02. The van der Waals surface area contributed by atoms with E-state index in [1.165, 1.54) is 6.26 Å². The maximum Gasteiger partial charge on any atom is 0.310 e. The van der Waals surface area contributed by atoms with Gasteiger partial charge in [-0.25, -0.2) is 0 Å². The predicted octanol–water partition coefficient (Wildman–Crippen LogP) is 3.69. The molecule has 2 heteroatoms. The van der Waals surface area contributed by atoms with Crippen LogP contribution in [0.3, 0.4) is 0 Å². The zero-order valence-corrected chi connectivity index (χ0v) is 10.2. The van der Waals surface area contributed by atoms with E-state index in [4.69, 9.17) is 4.74 Å². The minimum atomic E-state index is -0.184. The highest BCUT2D eigenvalue weighted by atomic mass is 16.5. The summed E-state index contributed by atoms with van der Waals surface area (Å²) in [5, 5.41) is 0. The highest BCUT2D eigenvalue weighted by molar-refractivity contribution is 5.69. The third-order valence-corrected chi connectivity index (χ3v) is 1.92. The molecule has 86 valence electrons. The number of rotatable bonds is 6. The van der Waals surface area contributed by atoms with Gasteiger partial charge in [0.1, 0.15) is 0 Å². The van der Waals surface area contributed by atoms with Gasteiger partial charge < -0.3 is 4.74 Å². The Bertz CT molecular complexity index is 227. The van der Waals surface area contributed by atoms with Gasteiger partial charge in [-0.05, 0) is 24.3 Å². The molecule has 0 amide bonds. The van der Waals surface area contributed by atoms with Crippen molar-refractivity contribution >= 4 is 5.97 Å². The quantitative estimate of drug-likeness (QED) is 0.379. The van der Waals surface area contributed by atoms with Crippen molar-refractivity contribution in [1.29, 1.82) is 0 Å². The Kier molecular flexibility index (Phi) is 7.69. The van der Waals surface area contributed by atoms with Gasteiger partial charge in [0.05, 0.1) is 6.26 Å². The third kappa shape index (κ3) is 9.26. The number of allylic oxidation sites excluding steroid dienone is 3. The summed E-state index contributed by atoms with van der Waals surface area (Å²) in [5.41, 5.74) is 0. The van der Waals surface area contributed by atoms with E-state index in [0.29, 0.717) is 18.3 Å². The Labute approximate surface area is 93.0 Å². The molecule has 0 aromatic heterocycles. The van der Waals surface area contributed by atoms with Crippen LogP contribution in [-0.2, 0) is 9.53 Å². The summed E-state index contributed by atoms with van der Waals surface area (Å²) in [7, 11) is 0. The predicted molar refractivity (Wildman–Crippen MR) is 63.3 cm³/mol. The van der Waals surface area contributed by atoms with Crippen LogP contribution in [-0.4, -0.2) is 5.97 Å². The van der Waals surface area contributed by atoms with E-state index in [1.54, 1.807) is 6.92 Å². The molecule has 0 fully saturated rings. The molecule has 0 spiro atoms. The molecule has 0 aromatic rings. The Morgan fingerprint density at radius 2 is 1.93 bits per heavy atom. The van der Waals surface area contributed by atoms with E-state index >= 15 is 0 Å². The number of hydrogen-bond acceptors (Lipinski definition) is 2. The summed E-state index contributed by atoms with van der Waals surface area (Å²) in [6.45, 7) is 8.24. The smallest absolute Gasteiger partial charge is 0.310 e. The largest absolute Gasteiger partial charge is 0.435 e. The second-order valence-corrected chi connectivity index (χ2v) is 4.06. The number of carbonyl (C=O) groups is 1. The van der Waals surface area contributed by atoms with E-state index < -0.39 is 0 Å². The molecule has 2 nitrogen and oxygen atoms in total. The molecule has 0 aromatic carbocycles. The molecule has 0 saturated carbocycles. The molecule has 0 aliphatic carbocycles. The average Bonchev–Trinajstić information content (AvgIpc) is 2.21. The zero-order chi connectivity index (χ0) is 11.7. The normalized spacial score (nSPS) is 13.9. The van der Waals surface area contributed by atoms with Crippen LogP contribution in [0, 0.1) is 11.8 Å². The van der Waals surface area contributed by atoms with Crippen LogP contribution in [0.4, 0.5) is 0 Å². The van der Waals surface area contributed by atoms with Gasteiger partial charge in [-0.3, -0.25) is 4.79 Å². The van der Waals surface area contributed by atoms with Crippen molar-refractivity contribution in [2.24, 2.45) is 11.8 Å². The van der Waals surface area contributed by atoms with E-state index in [-0.39, 0.29) is 5.97 Å². The van der Waals surface area contributed by atoms with Crippen LogP contribution in [0.15, 0.2) is 24.5 Å². The molecule has 0 radical (unpaired) electrons. The summed E-state index contributed by atoms with van der Waals surface area (Å²) in [5.74, 6) is 0.898. The monoisotopic (exact) mass is 210 g/mol. The van der Waals surface area contributed by atoms with Gasteiger partial charge >= 0.3 is 5.97 Å². The fourth-order valence-electron chi connectivity index (χ4n) is 0.968. The van der Waals surface area contributed by atoms with Crippen LogP contribution in [0.2, 0.25) is 0 Å². The Balaban J connectivity index is 3.70. The molecular weight excluding hydrogens is 188 g/mol. The van der Waals surface area contributed by atoms with Crippen molar-refractivity contribution in [2.45, 2.75) is 40.5 Å². The van der Waals surface area contributed by atoms with Crippen molar-refractivity contribution in [3.63, 3.8) is 0 Å². The maximum absolute atomic E-state index is 10.8. The Morgan fingerprint density at radius 3 is 2.47 bits per heavy atom. The van der Waals surface area contributed by atoms with Gasteiger partial charge in [-0.15, -0.1) is 0 Å². The Morgan fingerprint density at radius 1 is 1.27 bits per heavy atom. The zero-order valence-electron chi connectivity index (χ0n) is 10.2. The van der Waals surface area contributed by atoms with Crippen molar-refractivity contribution in [2.75, 3.05) is 0 Å². The highest BCUT2D eigenvalue weighted by Gasteiger charge is 1.95. The summed E-state index contributed by atoms with van der Waals surface area (Å²) < 4.78 is 4.82. The van der Waals surface area contributed by atoms with Crippen LogP contribution >= 0.6 is 0 Å². The number of carbonyl (C=O) groups excluding carboxylic acids is 1. The minimum absolute atomic E-state index is 0.184. The van der Waals surface area contributed by atoms with Gasteiger partial charge in [0, 0.05) is 6.42 Å². The number of hydrogen-bond donors (Lipinski definition) is 0. The first-order valence-electron chi connectivity index (χ1n) is 5.59. The average molecular weight is 210 g/mol. The topological polar surface area (TPSA) is 26.3 Å². The molecule has 0 aliphatic heterocycles. The number of esters is 1. The molecule has 1 atom stereocenters. The molecule has 0 bridgehead atoms. The van der Waals surface area contributed by atoms with Crippen molar-refractivity contribution in [3.8, 4) is 0 Å². The lowest BCUT2D eigenvalue weighted by Crippen LogP contribution is -1.95. The summed E-state index contributed by atoms with van der Waals surface area (Å²) in [4.78, 5) is 10.8. The van der Waals surface area contributed by atoms with Crippen LogP contribution in [0.5, 0.6) is 0 Å². The first kappa shape index (κ1) is 13.9. The van der Waals surface area contributed by atoms with Gasteiger partial charge in [-0.2, -0.15) is 0 Å². The number of ether oxygens (including phenoxy) is 1. The summed E-state index contributed by atoms with van der Waals surface area (Å²) in [6.07, 6.45) is 9.09. The standard InChI is InChI=1S/C13H22O2/c1-5-13(14)15-10-6-7-12(4)9-8-11(2)3/h6,8-12H,5,7H2,1-4H3/b9-8+,10-6+. The third-order valence-electron chi connectivity index (χ3n) is 1.92. The highest BCUT2D eigenvalue weighted by Crippen LogP contribution is 2.07. The molecule has 0 saturated heterocycles. The van der Waals surface area contributed by atoms with Crippen LogP contribution in [0.25, 0.3) is 0 Å². The molecule has 0 rings (SSSR count). The van der Waals surface area contributed by atoms with Gasteiger partial charge in [0.25, 0.3) is 0 Å². The molecular formula is C13H22O2. The van der Waals surface area contributed by atoms with E-state index in [1.807, 2.05) is 6.08 Å². The lowest BCUT2D eigenvalue weighted by molar-refractivity contribution is -0.137. The van der Waals surface area contributed by atoms with Crippen LogP contribution < -0.4 is 0 Å². The van der Waals surface area contributed by atoms with Crippen molar-refractivity contribution < 1.29 is 9.53 Å². The second kappa shape index (κ2) is 8.27. The maximum atomic E-state index is 10.8. The van der Waals surface area contributed by atoms with Gasteiger partial charge in [-0.1, -0.05) is 39.8 Å². The minimum Gasteiger partial charge on any atom is -0.435 e. The molecule has 1 unspecified atom stereocenters. The lowest BCUT2D eigenvalue weighted by atomic mass is 10.1. The van der Waals surface area contributed by atoms with Gasteiger partial charge in [0.15, 0.2) is 0 Å².